The Balaban J connectivity index is 5.06. The summed E-state index contributed by atoms with van der Waals surface area (Å²) in [4.78, 5) is 40.0. The first-order valence-electron chi connectivity index (χ1n) is 32.9. The molecule has 1 amide bonds. The highest BCUT2D eigenvalue weighted by Gasteiger charge is 2.27. The molecule has 0 heterocycles. The van der Waals surface area contributed by atoms with Crippen molar-refractivity contribution in [2.24, 2.45) is 0 Å². The van der Waals surface area contributed by atoms with Gasteiger partial charge in [0.15, 0.2) is 0 Å². The van der Waals surface area contributed by atoms with Gasteiger partial charge in [0, 0.05) is 12.8 Å². The zero-order chi connectivity index (χ0) is 57.9. The SMILES string of the molecule is CCCCC/C=C\C/C=C\C/C=C\C/C=C\CCCCCCCCCCCCCC(=O)OC(/C=C\CCCCCCCCCCC)C(COP(=O)([O-])OCC[N+](C)(C)C)NC(=O)CCCCCCCC/C=C/C=C/CCCCC. The Hall–Kier alpha value is -2.81. The van der Waals surface area contributed by atoms with Gasteiger partial charge in [-0.25, -0.2) is 0 Å². The number of quaternary nitrogens is 1. The van der Waals surface area contributed by atoms with Gasteiger partial charge in [0.05, 0.1) is 33.8 Å². The Morgan fingerprint density at radius 2 is 0.810 bits per heavy atom. The van der Waals surface area contributed by atoms with Gasteiger partial charge in [-0.3, -0.25) is 14.2 Å². The normalized spacial score (nSPS) is 14.2. The molecule has 0 fully saturated rings. The molecule has 0 radical (unpaired) electrons. The highest BCUT2D eigenvalue weighted by molar-refractivity contribution is 7.45. The number of phosphoric ester groups is 1. The van der Waals surface area contributed by atoms with Crippen molar-refractivity contribution in [3.05, 3.63) is 85.1 Å². The lowest BCUT2D eigenvalue weighted by Crippen LogP contribution is -2.47. The maximum atomic E-state index is 13.5. The van der Waals surface area contributed by atoms with Crippen molar-refractivity contribution in [3.8, 4) is 0 Å². The molecule has 0 aromatic rings. The van der Waals surface area contributed by atoms with Gasteiger partial charge in [-0.2, -0.15) is 0 Å². The Morgan fingerprint density at radius 1 is 0.456 bits per heavy atom. The van der Waals surface area contributed by atoms with E-state index in [1.165, 1.54) is 141 Å². The van der Waals surface area contributed by atoms with E-state index in [1.54, 1.807) is 0 Å². The highest BCUT2D eigenvalue weighted by Crippen LogP contribution is 2.38. The molecule has 0 aliphatic heterocycles. The summed E-state index contributed by atoms with van der Waals surface area (Å²) in [6, 6.07) is -0.899. The Bertz CT molecular complexity index is 1630. The summed E-state index contributed by atoms with van der Waals surface area (Å²) in [5.74, 6) is -0.557. The van der Waals surface area contributed by atoms with E-state index in [4.69, 9.17) is 13.8 Å². The number of hydrogen-bond acceptors (Lipinski definition) is 7. The second-order valence-electron chi connectivity index (χ2n) is 23.3. The van der Waals surface area contributed by atoms with E-state index < -0.39 is 26.6 Å². The molecule has 0 saturated carbocycles. The molecule has 3 unspecified atom stereocenters. The zero-order valence-corrected chi connectivity index (χ0v) is 53.2. The predicted molar refractivity (Wildman–Crippen MR) is 339 cm³/mol. The lowest BCUT2D eigenvalue weighted by Gasteiger charge is -2.30. The maximum absolute atomic E-state index is 13.5. The van der Waals surface area contributed by atoms with E-state index in [9.17, 15) is 19.0 Å². The third-order valence-corrected chi connectivity index (χ3v) is 15.3. The third kappa shape index (κ3) is 59.6. The minimum absolute atomic E-state index is 0.0279. The van der Waals surface area contributed by atoms with Gasteiger partial charge >= 0.3 is 5.97 Å². The lowest BCUT2D eigenvalue weighted by atomic mass is 10.0. The number of hydrogen-bond donors (Lipinski definition) is 1. The summed E-state index contributed by atoms with van der Waals surface area (Å²) in [7, 11) is 1.17. The molecule has 0 saturated heterocycles. The molecule has 79 heavy (non-hydrogen) atoms. The average Bonchev–Trinajstić information content (AvgIpc) is 3.41. The number of phosphoric acid groups is 1. The number of amides is 1. The van der Waals surface area contributed by atoms with Gasteiger partial charge in [0.2, 0.25) is 5.91 Å². The number of rotatable bonds is 59. The number of esters is 1. The van der Waals surface area contributed by atoms with E-state index in [0.29, 0.717) is 17.4 Å². The molecule has 0 aliphatic carbocycles. The van der Waals surface area contributed by atoms with E-state index in [2.05, 4.69) is 99.0 Å². The first-order valence-corrected chi connectivity index (χ1v) is 34.4. The van der Waals surface area contributed by atoms with Crippen LogP contribution in [0.5, 0.6) is 0 Å². The standard InChI is InChI=1S/C69H125N2O7P/c1-7-10-13-16-19-22-25-27-29-30-31-32-33-34-35-36-37-38-39-40-42-44-47-50-53-56-59-62-69(73)78-67(60-57-54-51-48-45-24-21-18-15-12-9-3)66(65-77-79(74,75)76-64-63-71(4,5)6)70-68(72)61-58-55-52-49-46-43-41-28-26-23-20-17-14-11-8-2/h19-20,22-23,26-29,31-32,34-35,57,60,66-67H,7-18,21,24-25,30,33,36-56,58-59,61-65H2,1-6H3,(H-,70,72,74,75)/b22-19-,23-20+,28-26+,29-27-,32-31-,35-34-,60-57-. The van der Waals surface area contributed by atoms with Gasteiger partial charge in [-0.15, -0.1) is 0 Å². The molecule has 10 heteroatoms. The van der Waals surface area contributed by atoms with Crippen LogP contribution < -0.4 is 10.2 Å². The average molecular weight is 1130 g/mol. The monoisotopic (exact) mass is 1120 g/mol. The summed E-state index contributed by atoms with van der Waals surface area (Å²) in [6.07, 6.45) is 77.0. The molecule has 1 N–H and O–H groups in total. The van der Waals surface area contributed by atoms with Gasteiger partial charge < -0.3 is 28.5 Å². The summed E-state index contributed by atoms with van der Waals surface area (Å²) >= 11 is 0. The summed E-state index contributed by atoms with van der Waals surface area (Å²) < 4.78 is 30.3. The minimum Gasteiger partial charge on any atom is -0.756 e. The highest BCUT2D eigenvalue weighted by atomic mass is 31.2. The van der Waals surface area contributed by atoms with Crippen LogP contribution in [-0.2, 0) is 27.9 Å². The predicted octanol–water partition coefficient (Wildman–Crippen LogP) is 19.9. The minimum atomic E-state index is -4.70. The molecule has 0 aliphatic rings. The van der Waals surface area contributed by atoms with Crippen LogP contribution in [-0.4, -0.2) is 69.4 Å². The quantitative estimate of drug-likeness (QED) is 0.0161. The smallest absolute Gasteiger partial charge is 0.306 e. The van der Waals surface area contributed by atoms with Crippen molar-refractivity contribution in [1.82, 2.24) is 5.32 Å². The number of ether oxygens (including phenoxy) is 1. The van der Waals surface area contributed by atoms with E-state index in [1.807, 2.05) is 33.3 Å². The molecule has 3 atom stereocenters. The van der Waals surface area contributed by atoms with Crippen LogP contribution in [0.2, 0.25) is 0 Å². The van der Waals surface area contributed by atoms with Gasteiger partial charge in [0.1, 0.15) is 19.3 Å². The van der Waals surface area contributed by atoms with Crippen LogP contribution in [0.4, 0.5) is 0 Å². The van der Waals surface area contributed by atoms with Crippen molar-refractivity contribution in [2.75, 3.05) is 40.9 Å². The third-order valence-electron chi connectivity index (χ3n) is 14.3. The molecular formula is C69H125N2O7P. The molecule has 0 aromatic heterocycles. The van der Waals surface area contributed by atoms with Crippen molar-refractivity contribution in [3.63, 3.8) is 0 Å². The molecule has 458 valence electrons. The van der Waals surface area contributed by atoms with Crippen LogP contribution in [0, 0.1) is 0 Å². The molecule has 0 aromatic carbocycles. The fourth-order valence-electron chi connectivity index (χ4n) is 9.20. The zero-order valence-electron chi connectivity index (χ0n) is 52.3. The number of carbonyl (C=O) groups is 2. The number of nitrogens with one attached hydrogen (secondary N) is 1. The van der Waals surface area contributed by atoms with E-state index in [0.717, 1.165) is 116 Å². The number of carbonyl (C=O) groups excluding carboxylic acids is 2. The maximum Gasteiger partial charge on any atom is 0.306 e. The topological polar surface area (TPSA) is 114 Å². The Kier molecular flexibility index (Phi) is 56.3. The second-order valence-corrected chi connectivity index (χ2v) is 24.7. The molecule has 0 rings (SSSR count). The Morgan fingerprint density at radius 3 is 1.25 bits per heavy atom. The van der Waals surface area contributed by atoms with Crippen LogP contribution in [0.25, 0.3) is 0 Å². The molecule has 0 bridgehead atoms. The fraction of sp³-hybridized carbons (Fsp3) is 0.768. The van der Waals surface area contributed by atoms with Crippen molar-refractivity contribution in [1.29, 1.82) is 0 Å². The molecular weight excluding hydrogens is 1000 g/mol. The van der Waals surface area contributed by atoms with E-state index in [-0.39, 0.29) is 24.9 Å². The number of nitrogens with zero attached hydrogens (tertiary/aromatic N) is 1. The van der Waals surface area contributed by atoms with Crippen molar-refractivity contribution < 1.29 is 37.3 Å². The summed E-state index contributed by atoms with van der Waals surface area (Å²) in [5, 5.41) is 3.02. The molecule has 0 spiro atoms. The number of likely N-dealkylation sites (N-methyl/N-ethyl adjacent to an activating group) is 1. The van der Waals surface area contributed by atoms with Crippen LogP contribution in [0.15, 0.2) is 85.1 Å². The van der Waals surface area contributed by atoms with Crippen molar-refractivity contribution in [2.45, 2.75) is 303 Å². The van der Waals surface area contributed by atoms with Gasteiger partial charge in [-0.1, -0.05) is 260 Å². The summed E-state index contributed by atoms with van der Waals surface area (Å²) in [5.41, 5.74) is 0. The Labute approximate surface area is 488 Å². The van der Waals surface area contributed by atoms with Crippen LogP contribution in [0.1, 0.15) is 290 Å². The van der Waals surface area contributed by atoms with Gasteiger partial charge in [0.25, 0.3) is 7.82 Å². The summed E-state index contributed by atoms with van der Waals surface area (Å²) in [6.45, 7) is 6.77. The molecule has 9 nitrogen and oxygen atoms in total. The first kappa shape index (κ1) is 76.2. The van der Waals surface area contributed by atoms with Crippen molar-refractivity contribution >= 4 is 19.7 Å². The second kappa shape index (κ2) is 58.4. The fourth-order valence-corrected chi connectivity index (χ4v) is 9.93. The van der Waals surface area contributed by atoms with Gasteiger partial charge in [-0.05, 0) is 102 Å². The first-order chi connectivity index (χ1) is 38.4. The number of unbranched alkanes of at least 4 members (excludes halogenated alkanes) is 32. The van der Waals surface area contributed by atoms with Crippen LogP contribution in [0.3, 0.4) is 0 Å². The number of allylic oxidation sites excluding steroid dienone is 13. The van der Waals surface area contributed by atoms with Crippen LogP contribution >= 0.6 is 7.82 Å². The van der Waals surface area contributed by atoms with E-state index >= 15 is 0 Å². The lowest BCUT2D eigenvalue weighted by molar-refractivity contribution is -0.870. The largest absolute Gasteiger partial charge is 0.756 e.